The van der Waals surface area contributed by atoms with Gasteiger partial charge >= 0.3 is 0 Å². The third-order valence-corrected chi connectivity index (χ3v) is 1.20. The van der Waals surface area contributed by atoms with Crippen LogP contribution in [0.15, 0.2) is 10.9 Å². The van der Waals surface area contributed by atoms with Crippen LogP contribution in [0.3, 0.4) is 0 Å². The Hall–Kier alpha value is -1.17. The first kappa shape index (κ1) is 7.93. The van der Waals surface area contributed by atoms with Gasteiger partial charge in [-0.1, -0.05) is 5.16 Å². The van der Waals surface area contributed by atoms with Crippen LogP contribution >= 0.6 is 12.2 Å². The van der Waals surface area contributed by atoms with Crippen molar-refractivity contribution in [3.8, 4) is 0 Å². The molecule has 0 spiro atoms. The van der Waals surface area contributed by atoms with Crippen LogP contribution in [-0.4, -0.2) is 21.8 Å². The third-order valence-electron chi connectivity index (χ3n) is 1.05. The minimum absolute atomic E-state index is 0.286. The lowest BCUT2D eigenvalue weighted by Crippen LogP contribution is -2.30. The molecule has 0 unspecified atom stereocenters. The second kappa shape index (κ2) is 3.87. The average Bonchev–Trinajstić information content (AvgIpc) is 2.39. The largest absolute Gasteiger partial charge is 0.376 e. The second-order valence-corrected chi connectivity index (χ2v) is 2.33. The number of hydrogen-bond acceptors (Lipinski definition) is 4. The minimum Gasteiger partial charge on any atom is -0.376 e. The van der Waals surface area contributed by atoms with E-state index in [1.807, 2.05) is 0 Å². The number of rotatable bonds is 3. The Labute approximate surface area is 69.0 Å². The summed E-state index contributed by atoms with van der Waals surface area (Å²) in [7, 11) is 0. The van der Waals surface area contributed by atoms with Gasteiger partial charge in [-0.15, -0.1) is 0 Å². The monoisotopic (exact) mass is 172 g/mol. The Morgan fingerprint density at radius 3 is 3.18 bits per heavy atom. The van der Waals surface area contributed by atoms with E-state index in [2.05, 4.69) is 32.2 Å². The van der Waals surface area contributed by atoms with Crippen LogP contribution in [0.5, 0.6) is 0 Å². The lowest BCUT2D eigenvalue weighted by Gasteiger charge is -1.98. The zero-order valence-electron chi connectivity index (χ0n) is 5.78. The summed E-state index contributed by atoms with van der Waals surface area (Å²) in [5.41, 5.74) is 5.19. The maximum Gasteiger partial charge on any atom is 0.213 e. The predicted octanol–water partition coefficient (Wildman–Crippen LogP) is -0.555. The summed E-state index contributed by atoms with van der Waals surface area (Å²) in [5, 5.41) is 6.66. The Kier molecular flexibility index (Phi) is 2.79. The fourth-order valence-electron chi connectivity index (χ4n) is 0.600. The fourth-order valence-corrected chi connectivity index (χ4v) is 0.702. The molecule has 0 aromatic carbocycles. The summed E-state index contributed by atoms with van der Waals surface area (Å²) in [5.74, 6) is 0.647. The Bertz CT molecular complexity index is 222. The van der Waals surface area contributed by atoms with Gasteiger partial charge in [0.1, 0.15) is 0 Å². The van der Waals surface area contributed by atoms with E-state index in [-0.39, 0.29) is 5.11 Å². The number of thiocarbonyl (C=S) groups is 1. The van der Waals surface area contributed by atoms with Gasteiger partial charge in [-0.05, 0) is 12.2 Å². The van der Waals surface area contributed by atoms with Gasteiger partial charge < -0.3 is 15.6 Å². The molecule has 5 nitrogen and oxygen atoms in total. The lowest BCUT2D eigenvalue weighted by atomic mass is 10.4. The van der Waals surface area contributed by atoms with E-state index in [0.29, 0.717) is 18.8 Å². The van der Waals surface area contributed by atoms with E-state index in [4.69, 9.17) is 5.73 Å². The molecule has 0 aliphatic carbocycles. The molecule has 1 rings (SSSR count). The normalized spacial score (nSPS) is 9.45. The van der Waals surface area contributed by atoms with E-state index in [9.17, 15) is 0 Å². The molecule has 0 fully saturated rings. The highest BCUT2D eigenvalue weighted by Gasteiger charge is 1.96. The van der Waals surface area contributed by atoms with Crippen LogP contribution in [-0.2, 0) is 6.42 Å². The quantitative estimate of drug-likeness (QED) is 0.595. The molecule has 0 aliphatic heterocycles. The van der Waals surface area contributed by atoms with Crippen molar-refractivity contribution in [3.63, 3.8) is 0 Å². The van der Waals surface area contributed by atoms with Crippen molar-refractivity contribution in [2.45, 2.75) is 6.42 Å². The molecule has 0 aliphatic rings. The van der Waals surface area contributed by atoms with Crippen molar-refractivity contribution < 1.29 is 4.52 Å². The highest BCUT2D eigenvalue weighted by Crippen LogP contribution is 1.87. The summed E-state index contributed by atoms with van der Waals surface area (Å²) < 4.78 is 4.52. The Balaban J connectivity index is 2.19. The van der Waals surface area contributed by atoms with Crippen LogP contribution in [0, 0.1) is 0 Å². The first-order chi connectivity index (χ1) is 5.29. The van der Waals surface area contributed by atoms with Crippen molar-refractivity contribution >= 4 is 17.3 Å². The van der Waals surface area contributed by atoms with Crippen LogP contribution < -0.4 is 11.1 Å². The number of nitrogens with two attached hydrogens (primary N) is 1. The number of hydrogen-bond donors (Lipinski definition) is 2. The topological polar surface area (TPSA) is 77.0 Å². The van der Waals surface area contributed by atoms with Gasteiger partial charge in [-0.25, -0.2) is 0 Å². The number of nitrogens with zero attached hydrogens (tertiary/aromatic N) is 2. The van der Waals surface area contributed by atoms with Crippen LogP contribution in [0.1, 0.15) is 5.82 Å². The minimum atomic E-state index is 0.286. The first-order valence-electron chi connectivity index (χ1n) is 3.07. The van der Waals surface area contributed by atoms with Gasteiger partial charge in [0.25, 0.3) is 0 Å². The number of aromatic nitrogens is 2. The molecule has 1 aromatic rings. The van der Waals surface area contributed by atoms with E-state index in [1.54, 1.807) is 0 Å². The Morgan fingerprint density at radius 1 is 1.82 bits per heavy atom. The van der Waals surface area contributed by atoms with E-state index in [1.165, 1.54) is 6.39 Å². The van der Waals surface area contributed by atoms with Crippen LogP contribution in [0.2, 0.25) is 0 Å². The summed E-state index contributed by atoms with van der Waals surface area (Å²) in [6.07, 6.45) is 1.95. The molecule has 0 atom stereocenters. The molecule has 1 aromatic heterocycles. The average molecular weight is 172 g/mol. The standard InChI is InChI=1S/C5H8N4OS/c6-5(11)7-2-1-4-8-3-10-9-4/h3H,1-2H2,(H3,6,7,11). The number of nitrogens with one attached hydrogen (secondary N) is 1. The van der Waals surface area contributed by atoms with E-state index >= 15 is 0 Å². The summed E-state index contributed by atoms with van der Waals surface area (Å²) in [4.78, 5) is 3.81. The van der Waals surface area contributed by atoms with E-state index in [0.717, 1.165) is 0 Å². The molecular formula is C5H8N4OS. The highest BCUT2D eigenvalue weighted by molar-refractivity contribution is 7.80. The van der Waals surface area contributed by atoms with E-state index < -0.39 is 0 Å². The van der Waals surface area contributed by atoms with Gasteiger partial charge in [0.15, 0.2) is 10.9 Å². The van der Waals surface area contributed by atoms with Gasteiger partial charge in [0, 0.05) is 13.0 Å². The molecule has 3 N–H and O–H groups in total. The molecule has 0 saturated carbocycles. The van der Waals surface area contributed by atoms with Crippen LogP contribution in [0.4, 0.5) is 0 Å². The van der Waals surface area contributed by atoms with Gasteiger partial charge in [-0.2, -0.15) is 4.98 Å². The molecule has 60 valence electrons. The molecule has 11 heavy (non-hydrogen) atoms. The third kappa shape index (κ3) is 2.94. The second-order valence-electron chi connectivity index (χ2n) is 1.89. The molecule has 0 amide bonds. The molecule has 0 bridgehead atoms. The van der Waals surface area contributed by atoms with Crippen molar-refractivity contribution in [1.29, 1.82) is 0 Å². The summed E-state index contributed by atoms with van der Waals surface area (Å²) in [6, 6.07) is 0. The van der Waals surface area contributed by atoms with Gasteiger partial charge in [-0.3, -0.25) is 0 Å². The van der Waals surface area contributed by atoms with Gasteiger partial charge in [0.05, 0.1) is 0 Å². The first-order valence-corrected chi connectivity index (χ1v) is 3.48. The van der Waals surface area contributed by atoms with Crippen molar-refractivity contribution in [2.75, 3.05) is 6.54 Å². The zero-order chi connectivity index (χ0) is 8.10. The Morgan fingerprint density at radius 2 is 2.64 bits per heavy atom. The molecule has 1 heterocycles. The molecule has 6 heteroatoms. The summed E-state index contributed by atoms with van der Waals surface area (Å²) in [6.45, 7) is 0.634. The maximum atomic E-state index is 5.19. The van der Waals surface area contributed by atoms with Gasteiger partial charge in [0.2, 0.25) is 6.39 Å². The molecule has 0 radical (unpaired) electrons. The van der Waals surface area contributed by atoms with Crippen molar-refractivity contribution in [2.24, 2.45) is 5.73 Å². The van der Waals surface area contributed by atoms with Crippen molar-refractivity contribution in [3.05, 3.63) is 12.2 Å². The molecular weight excluding hydrogens is 164 g/mol. The predicted molar refractivity (Wildman–Crippen MR) is 42.8 cm³/mol. The highest BCUT2D eigenvalue weighted by atomic mass is 32.1. The summed E-state index contributed by atoms with van der Waals surface area (Å²) >= 11 is 4.59. The van der Waals surface area contributed by atoms with Crippen LogP contribution in [0.25, 0.3) is 0 Å². The fraction of sp³-hybridized carbons (Fsp3) is 0.400. The molecule has 0 saturated heterocycles. The zero-order valence-corrected chi connectivity index (χ0v) is 6.60. The maximum absolute atomic E-state index is 5.19. The smallest absolute Gasteiger partial charge is 0.213 e. The van der Waals surface area contributed by atoms with Crippen molar-refractivity contribution in [1.82, 2.24) is 15.5 Å². The SMILES string of the molecule is NC(=S)NCCc1ncon1. The lowest BCUT2D eigenvalue weighted by molar-refractivity contribution is 0.410.